The van der Waals surface area contributed by atoms with Gasteiger partial charge in [-0.3, -0.25) is 4.79 Å². The summed E-state index contributed by atoms with van der Waals surface area (Å²) in [5.74, 6) is 0.885. The molecule has 126 valence electrons. The third-order valence-corrected chi connectivity index (χ3v) is 3.78. The Morgan fingerprint density at radius 3 is 2.28 bits per heavy atom. The molecule has 3 aromatic rings. The first-order chi connectivity index (χ1) is 12.1. The first-order valence-corrected chi connectivity index (χ1v) is 8.11. The number of anilines is 2. The molecule has 3 rings (SSSR count). The van der Waals surface area contributed by atoms with Gasteiger partial charge in [0.05, 0.1) is 0 Å². The first kappa shape index (κ1) is 16.6. The second-order valence-corrected chi connectivity index (χ2v) is 5.97. The van der Waals surface area contributed by atoms with Crippen LogP contribution in [0.4, 0.5) is 11.6 Å². The van der Waals surface area contributed by atoms with Crippen LogP contribution in [-0.4, -0.2) is 16.1 Å². The Morgan fingerprint density at radius 1 is 0.880 bits per heavy atom. The van der Waals surface area contributed by atoms with Gasteiger partial charge in [0.2, 0.25) is 0 Å². The minimum atomic E-state index is -0.199. The molecule has 2 aromatic carbocycles. The van der Waals surface area contributed by atoms with Crippen LogP contribution in [0.5, 0.6) is 0 Å². The SMILES string of the molecule is Cc1ccc(C(=O)Nc2ccc(NCc3cccc(C)c3)nn2)cc1. The van der Waals surface area contributed by atoms with E-state index in [1.165, 1.54) is 11.1 Å². The van der Waals surface area contributed by atoms with E-state index in [9.17, 15) is 4.79 Å². The molecule has 1 aromatic heterocycles. The zero-order valence-corrected chi connectivity index (χ0v) is 14.3. The van der Waals surface area contributed by atoms with Gasteiger partial charge in [-0.25, -0.2) is 0 Å². The third-order valence-electron chi connectivity index (χ3n) is 3.78. The lowest BCUT2D eigenvalue weighted by Crippen LogP contribution is -2.13. The number of hydrogen-bond acceptors (Lipinski definition) is 4. The summed E-state index contributed by atoms with van der Waals surface area (Å²) in [4.78, 5) is 12.2. The van der Waals surface area contributed by atoms with E-state index in [0.717, 1.165) is 5.56 Å². The van der Waals surface area contributed by atoms with Gasteiger partial charge in [0.25, 0.3) is 5.91 Å². The summed E-state index contributed by atoms with van der Waals surface area (Å²) < 4.78 is 0. The van der Waals surface area contributed by atoms with Crippen LogP contribution in [0.3, 0.4) is 0 Å². The Kier molecular flexibility index (Phi) is 5.04. The molecule has 25 heavy (non-hydrogen) atoms. The molecule has 0 saturated heterocycles. The van der Waals surface area contributed by atoms with Crippen molar-refractivity contribution in [2.24, 2.45) is 0 Å². The highest BCUT2D eigenvalue weighted by Crippen LogP contribution is 2.11. The predicted molar refractivity (Wildman–Crippen MR) is 99.7 cm³/mol. The summed E-state index contributed by atoms with van der Waals surface area (Å²) >= 11 is 0. The van der Waals surface area contributed by atoms with Gasteiger partial charge in [-0.1, -0.05) is 47.5 Å². The van der Waals surface area contributed by atoms with E-state index >= 15 is 0 Å². The fraction of sp³-hybridized carbons (Fsp3) is 0.150. The van der Waals surface area contributed by atoms with E-state index < -0.39 is 0 Å². The van der Waals surface area contributed by atoms with E-state index in [1.54, 1.807) is 24.3 Å². The van der Waals surface area contributed by atoms with Gasteiger partial charge in [0.15, 0.2) is 5.82 Å². The van der Waals surface area contributed by atoms with Gasteiger partial charge >= 0.3 is 0 Å². The summed E-state index contributed by atoms with van der Waals surface area (Å²) in [6.45, 7) is 4.72. The smallest absolute Gasteiger partial charge is 0.256 e. The average molecular weight is 332 g/mol. The van der Waals surface area contributed by atoms with E-state index in [4.69, 9.17) is 0 Å². The molecule has 0 aliphatic carbocycles. The summed E-state index contributed by atoms with van der Waals surface area (Å²) in [6, 6.07) is 19.2. The number of hydrogen-bond donors (Lipinski definition) is 2. The van der Waals surface area contributed by atoms with Crippen molar-refractivity contribution in [2.45, 2.75) is 20.4 Å². The number of nitrogens with zero attached hydrogens (tertiary/aromatic N) is 2. The first-order valence-electron chi connectivity index (χ1n) is 8.11. The van der Waals surface area contributed by atoms with E-state index in [0.29, 0.717) is 23.7 Å². The van der Waals surface area contributed by atoms with Crippen LogP contribution in [-0.2, 0) is 6.54 Å². The van der Waals surface area contributed by atoms with Crippen LogP contribution in [0, 0.1) is 13.8 Å². The fourth-order valence-corrected chi connectivity index (χ4v) is 2.40. The molecule has 0 atom stereocenters. The van der Waals surface area contributed by atoms with Crippen LogP contribution in [0.15, 0.2) is 60.7 Å². The highest BCUT2D eigenvalue weighted by atomic mass is 16.1. The van der Waals surface area contributed by atoms with Crippen LogP contribution < -0.4 is 10.6 Å². The largest absolute Gasteiger partial charge is 0.365 e. The van der Waals surface area contributed by atoms with Crippen molar-refractivity contribution in [3.8, 4) is 0 Å². The van der Waals surface area contributed by atoms with Crippen molar-refractivity contribution in [3.63, 3.8) is 0 Å². The second-order valence-electron chi connectivity index (χ2n) is 5.97. The molecule has 1 amide bonds. The Bertz CT molecular complexity index is 858. The number of carbonyl (C=O) groups excluding carboxylic acids is 1. The van der Waals surface area contributed by atoms with Crippen molar-refractivity contribution in [1.29, 1.82) is 0 Å². The zero-order valence-electron chi connectivity index (χ0n) is 14.3. The maximum Gasteiger partial charge on any atom is 0.256 e. The molecule has 1 heterocycles. The molecule has 0 spiro atoms. The molecule has 0 saturated carbocycles. The standard InChI is InChI=1S/C20H20N4O/c1-14-6-8-17(9-7-14)20(25)22-19-11-10-18(23-24-19)21-13-16-5-3-4-15(2)12-16/h3-12H,13H2,1-2H3,(H,21,23)(H,22,24,25). The molecular formula is C20H20N4O. The van der Waals surface area contributed by atoms with E-state index in [2.05, 4.69) is 46.0 Å². The third kappa shape index (κ3) is 4.64. The fourth-order valence-electron chi connectivity index (χ4n) is 2.40. The van der Waals surface area contributed by atoms with Gasteiger partial charge < -0.3 is 10.6 Å². The molecule has 0 aliphatic rings. The number of aromatic nitrogens is 2. The van der Waals surface area contributed by atoms with Crippen molar-refractivity contribution in [2.75, 3.05) is 10.6 Å². The zero-order chi connectivity index (χ0) is 17.6. The number of aryl methyl sites for hydroxylation is 2. The Hall–Kier alpha value is -3.21. The topological polar surface area (TPSA) is 66.9 Å². The average Bonchev–Trinajstić information content (AvgIpc) is 2.62. The van der Waals surface area contributed by atoms with Crippen molar-refractivity contribution in [1.82, 2.24) is 10.2 Å². The monoisotopic (exact) mass is 332 g/mol. The summed E-state index contributed by atoms with van der Waals surface area (Å²) in [5, 5.41) is 14.1. The van der Waals surface area contributed by atoms with Crippen molar-refractivity contribution < 1.29 is 4.79 Å². The highest BCUT2D eigenvalue weighted by Gasteiger charge is 2.07. The van der Waals surface area contributed by atoms with Gasteiger partial charge in [-0.05, 0) is 43.7 Å². The summed E-state index contributed by atoms with van der Waals surface area (Å²) in [5.41, 5.74) is 4.10. The number of carbonyl (C=O) groups is 1. The van der Waals surface area contributed by atoms with Crippen LogP contribution in [0.2, 0.25) is 0 Å². The Morgan fingerprint density at radius 2 is 1.60 bits per heavy atom. The number of nitrogens with one attached hydrogen (secondary N) is 2. The summed E-state index contributed by atoms with van der Waals surface area (Å²) in [7, 11) is 0. The lowest BCUT2D eigenvalue weighted by atomic mass is 10.1. The Labute approximate surface area is 147 Å². The number of amides is 1. The maximum atomic E-state index is 12.2. The molecule has 0 fully saturated rings. The van der Waals surface area contributed by atoms with Gasteiger partial charge in [-0.15, -0.1) is 10.2 Å². The quantitative estimate of drug-likeness (QED) is 0.742. The molecule has 5 heteroatoms. The number of rotatable bonds is 5. The van der Waals surface area contributed by atoms with Gasteiger partial charge in [-0.2, -0.15) is 0 Å². The number of benzene rings is 2. The molecule has 0 bridgehead atoms. The molecule has 0 unspecified atom stereocenters. The molecule has 5 nitrogen and oxygen atoms in total. The normalized spacial score (nSPS) is 10.3. The molecule has 0 radical (unpaired) electrons. The molecule has 0 aliphatic heterocycles. The van der Waals surface area contributed by atoms with E-state index in [1.807, 2.05) is 25.1 Å². The van der Waals surface area contributed by atoms with Crippen molar-refractivity contribution >= 4 is 17.5 Å². The second kappa shape index (κ2) is 7.57. The van der Waals surface area contributed by atoms with Crippen LogP contribution in [0.25, 0.3) is 0 Å². The lowest BCUT2D eigenvalue weighted by Gasteiger charge is -2.07. The minimum absolute atomic E-state index is 0.199. The predicted octanol–water partition coefficient (Wildman–Crippen LogP) is 3.96. The van der Waals surface area contributed by atoms with E-state index in [-0.39, 0.29) is 5.91 Å². The van der Waals surface area contributed by atoms with Crippen LogP contribution >= 0.6 is 0 Å². The summed E-state index contributed by atoms with van der Waals surface area (Å²) in [6.07, 6.45) is 0. The van der Waals surface area contributed by atoms with Crippen LogP contribution in [0.1, 0.15) is 27.0 Å². The Balaban J connectivity index is 1.58. The lowest BCUT2D eigenvalue weighted by molar-refractivity contribution is 0.102. The molecular weight excluding hydrogens is 312 g/mol. The maximum absolute atomic E-state index is 12.2. The highest BCUT2D eigenvalue weighted by molar-refractivity contribution is 6.03. The molecule has 2 N–H and O–H groups in total. The van der Waals surface area contributed by atoms with Gasteiger partial charge in [0, 0.05) is 12.1 Å². The van der Waals surface area contributed by atoms with Crippen molar-refractivity contribution in [3.05, 3.63) is 82.9 Å². The minimum Gasteiger partial charge on any atom is -0.365 e. The van der Waals surface area contributed by atoms with Gasteiger partial charge in [0.1, 0.15) is 5.82 Å².